The lowest BCUT2D eigenvalue weighted by molar-refractivity contribution is 0.0593. The number of aromatic nitrogens is 5. The summed E-state index contributed by atoms with van der Waals surface area (Å²) in [6.07, 6.45) is 1.27. The first-order valence-corrected chi connectivity index (χ1v) is 8.49. The molecule has 11 heteroatoms. The average Bonchev–Trinajstić information content (AvgIpc) is 3.18. The van der Waals surface area contributed by atoms with Gasteiger partial charge in [0.05, 0.1) is 25.2 Å². The van der Waals surface area contributed by atoms with Crippen LogP contribution in [0.2, 0.25) is 0 Å². The maximum atomic E-state index is 13.0. The highest BCUT2D eigenvalue weighted by Gasteiger charge is 2.19. The van der Waals surface area contributed by atoms with Crippen LogP contribution in [0.15, 0.2) is 47.5 Å². The molecule has 0 radical (unpaired) electrons. The van der Waals surface area contributed by atoms with Gasteiger partial charge in [-0.3, -0.25) is 9.36 Å². The molecule has 4 aromatic heterocycles. The first kappa shape index (κ1) is 18.5. The third kappa shape index (κ3) is 3.38. The largest absolute Gasteiger partial charge is 0.464 e. The third-order valence-corrected chi connectivity index (χ3v) is 4.22. The van der Waals surface area contributed by atoms with Gasteiger partial charge >= 0.3 is 5.97 Å². The predicted molar refractivity (Wildman–Crippen MR) is 99.9 cm³/mol. The van der Waals surface area contributed by atoms with E-state index in [-0.39, 0.29) is 34.7 Å². The van der Waals surface area contributed by atoms with Gasteiger partial charge in [-0.05, 0) is 24.3 Å². The summed E-state index contributed by atoms with van der Waals surface area (Å²) in [4.78, 5) is 32.9. The van der Waals surface area contributed by atoms with E-state index in [0.717, 1.165) is 6.20 Å². The summed E-state index contributed by atoms with van der Waals surface area (Å²) in [6.45, 7) is -0.196. The number of anilines is 1. The minimum absolute atomic E-state index is 0.0125. The number of nitrogens with zero attached hydrogens (tertiary/aromatic N) is 5. The Labute approximate surface area is 162 Å². The fourth-order valence-electron chi connectivity index (χ4n) is 2.93. The molecule has 0 fully saturated rings. The third-order valence-electron chi connectivity index (χ3n) is 4.22. The van der Waals surface area contributed by atoms with E-state index in [1.165, 1.54) is 40.6 Å². The summed E-state index contributed by atoms with van der Waals surface area (Å²) >= 11 is 0. The lowest BCUT2D eigenvalue weighted by Crippen LogP contribution is -2.32. The summed E-state index contributed by atoms with van der Waals surface area (Å²) in [5.74, 6) is -0.959. The molecule has 0 aromatic carbocycles. The van der Waals surface area contributed by atoms with Crippen molar-refractivity contribution in [3.05, 3.63) is 64.6 Å². The Balaban J connectivity index is 1.80. The highest BCUT2D eigenvalue weighted by Crippen LogP contribution is 2.14. The summed E-state index contributed by atoms with van der Waals surface area (Å²) in [6, 6.07) is 7.09. The zero-order valence-electron chi connectivity index (χ0n) is 15.1. The standard InChI is InChI=1S/C18H15FN6O4/c1-29-18(28)12-7-15-24(9-14(26)22-13-5-4-10(19)8-21-13)17(27)11-3-2-6-20-16(11)25(15)23-12/h2-8,14,26H,9H2,1H3,(H,21,22). The van der Waals surface area contributed by atoms with Crippen LogP contribution in [0.5, 0.6) is 0 Å². The molecular weight excluding hydrogens is 383 g/mol. The smallest absolute Gasteiger partial charge is 0.358 e. The molecule has 0 saturated heterocycles. The molecule has 0 spiro atoms. The molecule has 0 aliphatic heterocycles. The van der Waals surface area contributed by atoms with E-state index in [2.05, 4.69) is 20.4 Å². The number of hydrogen-bond acceptors (Lipinski definition) is 8. The highest BCUT2D eigenvalue weighted by atomic mass is 19.1. The molecule has 0 bridgehead atoms. The summed E-state index contributed by atoms with van der Waals surface area (Å²) in [5, 5.41) is 17.5. The number of esters is 1. The number of hydrogen-bond donors (Lipinski definition) is 2. The molecular formula is C18H15FN6O4. The molecule has 1 atom stereocenters. The molecule has 2 N–H and O–H groups in total. The molecule has 0 aliphatic carbocycles. The lowest BCUT2D eigenvalue weighted by Gasteiger charge is -2.16. The van der Waals surface area contributed by atoms with Crippen molar-refractivity contribution < 1.29 is 19.0 Å². The molecule has 4 aromatic rings. The second-order valence-electron chi connectivity index (χ2n) is 6.10. The van der Waals surface area contributed by atoms with Gasteiger partial charge in [-0.1, -0.05) is 0 Å². The topological polar surface area (TPSA) is 124 Å². The van der Waals surface area contributed by atoms with Gasteiger partial charge in [-0.15, -0.1) is 0 Å². The van der Waals surface area contributed by atoms with Crippen LogP contribution in [-0.4, -0.2) is 48.6 Å². The SMILES string of the molecule is COC(=O)c1cc2n(CC(O)Nc3ccc(F)cn3)c(=O)c3cccnc3n2n1. The Morgan fingerprint density at radius 2 is 2.17 bits per heavy atom. The monoisotopic (exact) mass is 398 g/mol. The van der Waals surface area contributed by atoms with Crippen LogP contribution in [0.1, 0.15) is 10.5 Å². The number of fused-ring (bicyclic) bond motifs is 3. The number of carbonyl (C=O) groups is 1. The number of pyridine rings is 2. The maximum absolute atomic E-state index is 13.0. The molecule has 0 saturated carbocycles. The molecule has 0 amide bonds. The van der Waals surface area contributed by atoms with Gasteiger partial charge in [0, 0.05) is 12.3 Å². The van der Waals surface area contributed by atoms with Crippen LogP contribution in [-0.2, 0) is 11.3 Å². The van der Waals surface area contributed by atoms with Gasteiger partial charge < -0.3 is 15.2 Å². The van der Waals surface area contributed by atoms with E-state index < -0.39 is 23.6 Å². The molecule has 1 unspecified atom stereocenters. The van der Waals surface area contributed by atoms with Crippen LogP contribution in [0, 0.1) is 5.82 Å². The fourth-order valence-corrected chi connectivity index (χ4v) is 2.93. The van der Waals surface area contributed by atoms with Gasteiger partial charge in [-0.25, -0.2) is 19.2 Å². The van der Waals surface area contributed by atoms with E-state index in [0.29, 0.717) is 0 Å². The van der Waals surface area contributed by atoms with Crippen molar-refractivity contribution in [1.82, 2.24) is 24.1 Å². The summed E-state index contributed by atoms with van der Waals surface area (Å²) in [5.41, 5.74) is 0.0716. The van der Waals surface area contributed by atoms with E-state index in [1.54, 1.807) is 12.1 Å². The van der Waals surface area contributed by atoms with Gasteiger partial charge in [-0.2, -0.15) is 9.61 Å². The molecule has 29 heavy (non-hydrogen) atoms. The van der Waals surface area contributed by atoms with Gasteiger partial charge in [0.15, 0.2) is 11.3 Å². The van der Waals surface area contributed by atoms with Crippen LogP contribution in [0.25, 0.3) is 16.7 Å². The number of nitrogens with one attached hydrogen (secondary N) is 1. The normalized spacial score (nSPS) is 12.2. The molecule has 148 valence electrons. The van der Waals surface area contributed by atoms with E-state index in [9.17, 15) is 19.1 Å². The number of rotatable bonds is 5. The number of aliphatic hydroxyl groups is 1. The van der Waals surface area contributed by atoms with Gasteiger partial charge in [0.2, 0.25) is 0 Å². The number of aliphatic hydroxyl groups excluding tert-OH is 1. The Hall–Kier alpha value is -3.86. The van der Waals surface area contributed by atoms with Crippen LogP contribution in [0.4, 0.5) is 10.2 Å². The Bertz CT molecular complexity index is 1270. The zero-order chi connectivity index (χ0) is 20.5. The highest BCUT2D eigenvalue weighted by molar-refractivity contribution is 5.89. The van der Waals surface area contributed by atoms with Crippen LogP contribution < -0.4 is 10.9 Å². The Morgan fingerprint density at radius 3 is 2.90 bits per heavy atom. The molecule has 4 heterocycles. The second-order valence-corrected chi connectivity index (χ2v) is 6.10. The van der Waals surface area contributed by atoms with Crippen LogP contribution in [0.3, 0.4) is 0 Å². The molecule has 10 nitrogen and oxygen atoms in total. The fraction of sp³-hybridized carbons (Fsp3) is 0.167. The number of ether oxygens (including phenoxy) is 1. The maximum Gasteiger partial charge on any atom is 0.358 e. The number of methoxy groups -OCH3 is 1. The van der Waals surface area contributed by atoms with Gasteiger partial charge in [0.1, 0.15) is 23.5 Å². The van der Waals surface area contributed by atoms with Crippen molar-refractivity contribution in [1.29, 1.82) is 0 Å². The minimum Gasteiger partial charge on any atom is -0.464 e. The summed E-state index contributed by atoms with van der Waals surface area (Å²) < 4.78 is 20.3. The van der Waals surface area contributed by atoms with E-state index >= 15 is 0 Å². The second kappa shape index (κ2) is 7.28. The zero-order valence-corrected chi connectivity index (χ0v) is 15.1. The number of halogens is 1. The van der Waals surface area contributed by atoms with Gasteiger partial charge in [0.25, 0.3) is 5.56 Å². The molecule has 4 rings (SSSR count). The predicted octanol–water partition coefficient (Wildman–Crippen LogP) is 0.795. The van der Waals surface area contributed by atoms with Crippen LogP contribution >= 0.6 is 0 Å². The van der Waals surface area contributed by atoms with Crippen molar-refractivity contribution in [2.45, 2.75) is 12.8 Å². The average molecular weight is 398 g/mol. The lowest BCUT2D eigenvalue weighted by atomic mass is 10.3. The Morgan fingerprint density at radius 1 is 1.34 bits per heavy atom. The Kier molecular flexibility index (Phi) is 4.64. The first-order chi connectivity index (χ1) is 14.0. The van der Waals surface area contributed by atoms with Crippen molar-refractivity contribution >= 4 is 28.5 Å². The number of carbonyl (C=O) groups excluding carboxylic acids is 1. The first-order valence-electron chi connectivity index (χ1n) is 8.49. The van der Waals surface area contributed by atoms with Crippen molar-refractivity contribution in [2.24, 2.45) is 0 Å². The molecule has 0 aliphatic rings. The van der Waals surface area contributed by atoms with Crippen molar-refractivity contribution in [3.8, 4) is 0 Å². The van der Waals surface area contributed by atoms with E-state index in [1.807, 2.05) is 0 Å². The quantitative estimate of drug-likeness (QED) is 0.374. The summed E-state index contributed by atoms with van der Waals surface area (Å²) in [7, 11) is 1.22. The van der Waals surface area contributed by atoms with E-state index in [4.69, 9.17) is 4.74 Å². The minimum atomic E-state index is -1.24. The van der Waals surface area contributed by atoms with Crippen molar-refractivity contribution in [2.75, 3.05) is 12.4 Å². The van der Waals surface area contributed by atoms with Crippen molar-refractivity contribution in [3.63, 3.8) is 0 Å².